The minimum Gasteiger partial charge on any atom is -0.494 e. The molecule has 1 N–H and O–H groups in total. The van der Waals surface area contributed by atoms with Crippen molar-refractivity contribution in [1.29, 1.82) is 0 Å². The lowest BCUT2D eigenvalue weighted by Crippen LogP contribution is -2.46. The first kappa shape index (κ1) is 28.7. The van der Waals surface area contributed by atoms with Crippen molar-refractivity contribution in [2.24, 2.45) is 0 Å². The lowest BCUT2D eigenvalue weighted by Gasteiger charge is -2.37. The molecule has 7 nitrogen and oxygen atoms in total. The van der Waals surface area contributed by atoms with Gasteiger partial charge in [0.1, 0.15) is 5.75 Å². The molecule has 0 aromatic heterocycles. The van der Waals surface area contributed by atoms with Crippen molar-refractivity contribution in [3.05, 3.63) is 95.1 Å². The minimum atomic E-state index is -0.119. The topological polar surface area (TPSA) is 65.1 Å². The number of hydrogen-bond donors (Lipinski definition) is 1. The minimum absolute atomic E-state index is 0.0421. The van der Waals surface area contributed by atoms with E-state index in [0.717, 1.165) is 44.0 Å². The van der Waals surface area contributed by atoms with Gasteiger partial charge < -0.3 is 19.9 Å². The summed E-state index contributed by atoms with van der Waals surface area (Å²) in [4.78, 5) is 31.5. The van der Waals surface area contributed by atoms with Crippen LogP contribution in [-0.4, -0.2) is 74.0 Å². The molecule has 2 heterocycles. The van der Waals surface area contributed by atoms with Gasteiger partial charge in [-0.2, -0.15) is 0 Å². The van der Waals surface area contributed by atoms with E-state index in [9.17, 15) is 9.59 Å². The molecule has 3 aromatic rings. The zero-order chi connectivity index (χ0) is 28.6. The molecule has 1 unspecified atom stereocenters. The quantitative estimate of drug-likeness (QED) is 0.353. The van der Waals surface area contributed by atoms with Gasteiger partial charge in [0, 0.05) is 63.8 Å². The number of likely N-dealkylation sites (tertiary alicyclic amines) is 1. The molecule has 2 aliphatic rings. The van der Waals surface area contributed by atoms with E-state index in [1.54, 1.807) is 4.90 Å². The molecule has 0 saturated carbocycles. The number of carbonyl (C=O) groups excluding carboxylic acids is 2. The van der Waals surface area contributed by atoms with Crippen molar-refractivity contribution in [1.82, 2.24) is 15.1 Å². The number of hydrogen-bond acceptors (Lipinski definition) is 5. The molecule has 5 rings (SSSR count). The fraction of sp³-hybridized carbons (Fsp3) is 0.412. The summed E-state index contributed by atoms with van der Waals surface area (Å²) in [5.41, 5.74) is 6.49. The number of amides is 2. The Bertz CT molecular complexity index is 1320. The monoisotopic (exact) mass is 554 g/mol. The smallest absolute Gasteiger partial charge is 0.239 e. The number of benzene rings is 3. The summed E-state index contributed by atoms with van der Waals surface area (Å²) in [5, 5.41) is 2.93. The molecule has 0 radical (unpaired) electrons. The number of nitrogens with zero attached hydrogens (tertiary/aromatic N) is 3. The molecule has 2 fully saturated rings. The van der Waals surface area contributed by atoms with E-state index in [1.807, 2.05) is 36.4 Å². The van der Waals surface area contributed by atoms with Crippen molar-refractivity contribution >= 4 is 17.5 Å². The third-order valence-electron chi connectivity index (χ3n) is 8.33. The number of rotatable bonds is 11. The third-order valence-corrected chi connectivity index (χ3v) is 8.33. The van der Waals surface area contributed by atoms with Gasteiger partial charge >= 0.3 is 0 Å². The van der Waals surface area contributed by atoms with Gasteiger partial charge in [0.05, 0.1) is 13.2 Å². The molecule has 0 aliphatic carbocycles. The average Bonchev–Trinajstić information content (AvgIpc) is 3.35. The van der Waals surface area contributed by atoms with Crippen LogP contribution in [-0.2, 0) is 16.1 Å². The zero-order valence-electron chi connectivity index (χ0n) is 24.4. The molecule has 7 heteroatoms. The molecule has 1 atom stereocenters. The van der Waals surface area contributed by atoms with Crippen molar-refractivity contribution in [2.75, 3.05) is 57.3 Å². The molecule has 0 bridgehead atoms. The SMILES string of the molecule is Cc1cccc(N2CCN(Cc3cccc(OCCCNC(=O)CN4CC(c5ccccc5)CC4=O)c3)CC2)c1C. The van der Waals surface area contributed by atoms with E-state index in [1.165, 1.54) is 22.4 Å². The number of ether oxygens (including phenoxy) is 1. The third kappa shape index (κ3) is 7.67. The Morgan fingerprint density at radius 1 is 0.951 bits per heavy atom. The second kappa shape index (κ2) is 13.7. The van der Waals surface area contributed by atoms with Gasteiger partial charge in [-0.3, -0.25) is 14.5 Å². The van der Waals surface area contributed by atoms with Gasteiger partial charge in [-0.1, -0.05) is 54.6 Å². The summed E-state index contributed by atoms with van der Waals surface area (Å²) in [6.45, 7) is 11.2. The highest BCUT2D eigenvalue weighted by Gasteiger charge is 2.31. The Morgan fingerprint density at radius 3 is 2.54 bits per heavy atom. The van der Waals surface area contributed by atoms with Crippen LogP contribution in [0.3, 0.4) is 0 Å². The first-order valence-corrected chi connectivity index (χ1v) is 14.8. The maximum atomic E-state index is 12.4. The molecule has 2 aliphatic heterocycles. The van der Waals surface area contributed by atoms with Crippen LogP contribution in [0, 0.1) is 13.8 Å². The van der Waals surface area contributed by atoms with E-state index in [4.69, 9.17) is 4.74 Å². The van der Waals surface area contributed by atoms with Gasteiger partial charge in [0.2, 0.25) is 11.8 Å². The van der Waals surface area contributed by atoms with Crippen LogP contribution in [0.2, 0.25) is 0 Å². The maximum absolute atomic E-state index is 12.4. The number of carbonyl (C=O) groups is 2. The van der Waals surface area contributed by atoms with Gasteiger partial charge in [-0.25, -0.2) is 0 Å². The van der Waals surface area contributed by atoms with Gasteiger partial charge in [-0.05, 0) is 60.7 Å². The summed E-state index contributed by atoms with van der Waals surface area (Å²) in [5.74, 6) is 0.942. The van der Waals surface area contributed by atoms with E-state index in [0.29, 0.717) is 32.5 Å². The first-order chi connectivity index (χ1) is 20.0. The van der Waals surface area contributed by atoms with Gasteiger partial charge in [-0.15, -0.1) is 0 Å². The number of piperazine rings is 1. The molecule has 2 saturated heterocycles. The van der Waals surface area contributed by atoms with Crippen molar-refractivity contribution in [2.45, 2.75) is 39.2 Å². The molecule has 0 spiro atoms. The highest BCUT2D eigenvalue weighted by atomic mass is 16.5. The normalized spacial score (nSPS) is 17.6. The zero-order valence-corrected chi connectivity index (χ0v) is 24.4. The molecular weight excluding hydrogens is 512 g/mol. The predicted molar refractivity (Wildman–Crippen MR) is 163 cm³/mol. The molecule has 41 heavy (non-hydrogen) atoms. The van der Waals surface area contributed by atoms with E-state index in [-0.39, 0.29) is 24.3 Å². The highest BCUT2D eigenvalue weighted by Crippen LogP contribution is 2.28. The second-order valence-electron chi connectivity index (χ2n) is 11.3. The summed E-state index contributed by atoms with van der Waals surface area (Å²) in [6.07, 6.45) is 1.17. The van der Waals surface area contributed by atoms with Gasteiger partial charge in [0.25, 0.3) is 0 Å². The maximum Gasteiger partial charge on any atom is 0.239 e. The Labute approximate surface area is 244 Å². The Morgan fingerprint density at radius 2 is 1.73 bits per heavy atom. The number of anilines is 1. The van der Waals surface area contributed by atoms with Crippen LogP contribution < -0.4 is 15.0 Å². The summed E-state index contributed by atoms with van der Waals surface area (Å²) < 4.78 is 5.99. The lowest BCUT2D eigenvalue weighted by atomic mass is 9.99. The van der Waals surface area contributed by atoms with Crippen LogP contribution in [0.15, 0.2) is 72.8 Å². The standard InChI is InChI=1S/C34H42N4O3/c1-26-9-6-14-32(27(26)2)37-18-16-36(17-19-37)23-28-10-7-13-31(21-28)41-20-8-15-35-33(39)25-38-24-30(22-34(38)40)29-11-4-3-5-12-29/h3-7,9-14,21,30H,8,15-20,22-25H2,1-2H3,(H,35,39). The predicted octanol–water partition coefficient (Wildman–Crippen LogP) is 4.53. The fourth-order valence-electron chi connectivity index (χ4n) is 5.81. The van der Waals surface area contributed by atoms with Crippen molar-refractivity contribution in [3.63, 3.8) is 0 Å². The molecule has 3 aromatic carbocycles. The highest BCUT2D eigenvalue weighted by molar-refractivity contribution is 5.86. The van der Waals surface area contributed by atoms with Crippen LogP contribution in [0.25, 0.3) is 0 Å². The van der Waals surface area contributed by atoms with Crippen LogP contribution in [0.4, 0.5) is 5.69 Å². The largest absolute Gasteiger partial charge is 0.494 e. The van der Waals surface area contributed by atoms with Crippen LogP contribution in [0.5, 0.6) is 5.75 Å². The van der Waals surface area contributed by atoms with Crippen LogP contribution >= 0.6 is 0 Å². The lowest BCUT2D eigenvalue weighted by molar-refractivity contribution is -0.133. The summed E-state index contributed by atoms with van der Waals surface area (Å²) >= 11 is 0. The first-order valence-electron chi connectivity index (χ1n) is 14.8. The molecule has 216 valence electrons. The number of nitrogens with one attached hydrogen (secondary N) is 1. The average molecular weight is 555 g/mol. The molecule has 2 amide bonds. The molecular formula is C34H42N4O3. The van der Waals surface area contributed by atoms with Crippen molar-refractivity contribution in [3.8, 4) is 5.75 Å². The van der Waals surface area contributed by atoms with E-state index >= 15 is 0 Å². The Hall–Kier alpha value is -3.84. The van der Waals surface area contributed by atoms with Crippen molar-refractivity contribution < 1.29 is 14.3 Å². The fourth-order valence-corrected chi connectivity index (χ4v) is 5.81. The summed E-state index contributed by atoms with van der Waals surface area (Å²) in [6, 6.07) is 24.9. The summed E-state index contributed by atoms with van der Waals surface area (Å²) in [7, 11) is 0. The van der Waals surface area contributed by atoms with Crippen LogP contribution in [0.1, 0.15) is 41.0 Å². The van der Waals surface area contributed by atoms with E-state index in [2.05, 4.69) is 65.4 Å². The number of aryl methyl sites for hydroxylation is 1. The van der Waals surface area contributed by atoms with Gasteiger partial charge in [0.15, 0.2) is 0 Å². The second-order valence-corrected chi connectivity index (χ2v) is 11.3. The van der Waals surface area contributed by atoms with E-state index < -0.39 is 0 Å². The Balaban J connectivity index is 0.988. The Kier molecular flexibility index (Phi) is 9.57.